The lowest BCUT2D eigenvalue weighted by atomic mass is 10.1. The summed E-state index contributed by atoms with van der Waals surface area (Å²) in [4.78, 5) is 0. The van der Waals surface area contributed by atoms with Gasteiger partial charge in [-0.2, -0.15) is 13.2 Å². The molecule has 1 saturated carbocycles. The Kier molecular flexibility index (Phi) is 3.12. The molecule has 0 spiro atoms. The van der Waals surface area contributed by atoms with Crippen LogP contribution in [0.1, 0.15) is 22.9 Å². The molecule has 1 fully saturated rings. The number of halogens is 4. The van der Waals surface area contributed by atoms with E-state index in [1.165, 1.54) is 12.1 Å². The van der Waals surface area contributed by atoms with Crippen molar-refractivity contribution in [2.45, 2.75) is 24.6 Å². The number of aromatic nitrogens is 2. The largest absolute Gasteiger partial charge is 0.445 e. The Hall–Kier alpha value is -1.70. The molecule has 106 valence electrons. The highest BCUT2D eigenvalue weighted by molar-refractivity contribution is 7.15. The van der Waals surface area contributed by atoms with Crippen LogP contribution in [-0.2, 0) is 6.18 Å². The molecule has 0 bridgehead atoms. The molecule has 1 aliphatic carbocycles. The highest BCUT2D eigenvalue weighted by Crippen LogP contribution is 2.44. The van der Waals surface area contributed by atoms with Crippen LogP contribution in [0, 0.1) is 5.82 Å². The summed E-state index contributed by atoms with van der Waals surface area (Å²) in [7, 11) is 0. The minimum atomic E-state index is -4.47. The zero-order valence-electron chi connectivity index (χ0n) is 9.99. The molecule has 1 aliphatic rings. The van der Waals surface area contributed by atoms with E-state index in [0.29, 0.717) is 11.3 Å². The summed E-state index contributed by atoms with van der Waals surface area (Å²) in [6, 6.07) is 6.19. The Morgan fingerprint density at radius 1 is 1.25 bits per heavy atom. The molecule has 1 N–H and O–H groups in total. The van der Waals surface area contributed by atoms with E-state index in [9.17, 15) is 17.6 Å². The van der Waals surface area contributed by atoms with Gasteiger partial charge in [0.25, 0.3) is 0 Å². The van der Waals surface area contributed by atoms with Gasteiger partial charge in [0.1, 0.15) is 5.82 Å². The maximum Gasteiger partial charge on any atom is 0.445 e. The Bertz CT molecular complexity index is 625. The van der Waals surface area contributed by atoms with E-state index in [0.717, 1.165) is 12.0 Å². The molecule has 0 amide bonds. The number of alkyl halides is 3. The van der Waals surface area contributed by atoms with Crippen LogP contribution < -0.4 is 5.32 Å². The van der Waals surface area contributed by atoms with E-state index in [2.05, 4.69) is 15.5 Å². The molecule has 3 rings (SSSR count). The van der Waals surface area contributed by atoms with Crippen molar-refractivity contribution in [3.63, 3.8) is 0 Å². The smallest absolute Gasteiger partial charge is 0.357 e. The Morgan fingerprint density at radius 3 is 2.70 bits per heavy atom. The van der Waals surface area contributed by atoms with Crippen LogP contribution in [0.15, 0.2) is 24.3 Å². The monoisotopic (exact) mass is 303 g/mol. The summed E-state index contributed by atoms with van der Waals surface area (Å²) in [5.41, 5.74) is 0.836. The molecular formula is C12H9F4N3S. The number of nitrogens with zero attached hydrogens (tertiary/aromatic N) is 2. The summed E-state index contributed by atoms with van der Waals surface area (Å²) in [5, 5.41) is 8.64. The number of hydrogen-bond acceptors (Lipinski definition) is 4. The molecule has 3 nitrogen and oxygen atoms in total. The second kappa shape index (κ2) is 4.69. The standard InChI is InChI=1S/C12H9F4N3S/c13-7-3-1-2-6(4-7)8-5-9(8)17-11-19-18-10(20-11)12(14,15)16/h1-4,8-9H,5H2,(H,17,19)/t8-,9+/m0/s1. The maximum absolute atomic E-state index is 13.1. The first-order chi connectivity index (χ1) is 9.43. The van der Waals surface area contributed by atoms with Crippen LogP contribution in [0.25, 0.3) is 0 Å². The number of hydrogen-bond donors (Lipinski definition) is 1. The fourth-order valence-corrected chi connectivity index (χ4v) is 2.69. The van der Waals surface area contributed by atoms with Gasteiger partial charge in [-0.3, -0.25) is 0 Å². The topological polar surface area (TPSA) is 37.8 Å². The molecule has 1 aromatic carbocycles. The van der Waals surface area contributed by atoms with Gasteiger partial charge in [-0.1, -0.05) is 23.5 Å². The Labute approximate surface area is 115 Å². The first-order valence-electron chi connectivity index (χ1n) is 5.86. The van der Waals surface area contributed by atoms with Crippen molar-refractivity contribution >= 4 is 16.5 Å². The minimum absolute atomic E-state index is 0.0224. The van der Waals surface area contributed by atoms with Crippen molar-refractivity contribution in [1.82, 2.24) is 10.2 Å². The molecule has 1 aromatic heterocycles. The Morgan fingerprint density at radius 2 is 2.05 bits per heavy atom. The van der Waals surface area contributed by atoms with Crippen LogP contribution in [0.2, 0.25) is 0 Å². The lowest BCUT2D eigenvalue weighted by molar-refractivity contribution is -0.138. The van der Waals surface area contributed by atoms with Crippen LogP contribution in [0.5, 0.6) is 0 Å². The SMILES string of the molecule is Fc1cccc([C@@H]2C[C@H]2Nc2nnc(C(F)(F)F)s2)c1. The molecular weight excluding hydrogens is 294 g/mol. The van der Waals surface area contributed by atoms with E-state index >= 15 is 0 Å². The predicted molar refractivity (Wildman–Crippen MR) is 66.1 cm³/mol. The molecule has 0 aliphatic heterocycles. The molecule has 2 aromatic rings. The van der Waals surface area contributed by atoms with Gasteiger partial charge in [0.15, 0.2) is 0 Å². The van der Waals surface area contributed by atoms with Gasteiger partial charge in [0.2, 0.25) is 10.1 Å². The third kappa shape index (κ3) is 2.74. The third-order valence-electron chi connectivity index (χ3n) is 3.04. The van der Waals surface area contributed by atoms with E-state index < -0.39 is 11.2 Å². The maximum atomic E-state index is 13.1. The quantitative estimate of drug-likeness (QED) is 0.879. The molecule has 1 heterocycles. The van der Waals surface area contributed by atoms with Gasteiger partial charge in [0, 0.05) is 12.0 Å². The average molecular weight is 303 g/mol. The summed E-state index contributed by atoms with van der Waals surface area (Å²) in [6.45, 7) is 0. The molecule has 0 saturated heterocycles. The number of nitrogens with one attached hydrogen (secondary N) is 1. The van der Waals surface area contributed by atoms with Crippen molar-refractivity contribution < 1.29 is 17.6 Å². The summed E-state index contributed by atoms with van der Waals surface area (Å²) in [5.74, 6) is -0.215. The highest BCUT2D eigenvalue weighted by Gasteiger charge is 2.40. The number of benzene rings is 1. The van der Waals surface area contributed by atoms with E-state index in [-0.39, 0.29) is 22.9 Å². The van der Waals surface area contributed by atoms with E-state index in [1.807, 2.05) is 0 Å². The van der Waals surface area contributed by atoms with Crippen molar-refractivity contribution in [1.29, 1.82) is 0 Å². The average Bonchev–Trinajstić information content (AvgIpc) is 2.94. The fraction of sp³-hybridized carbons (Fsp3) is 0.333. The zero-order valence-corrected chi connectivity index (χ0v) is 10.8. The normalized spacial score (nSPS) is 21.8. The first-order valence-corrected chi connectivity index (χ1v) is 6.68. The van der Waals surface area contributed by atoms with Crippen LogP contribution in [0.3, 0.4) is 0 Å². The summed E-state index contributed by atoms with van der Waals surface area (Å²) < 4.78 is 50.2. The third-order valence-corrected chi connectivity index (χ3v) is 3.94. The second-order valence-electron chi connectivity index (χ2n) is 4.56. The lowest BCUT2D eigenvalue weighted by Gasteiger charge is -2.02. The van der Waals surface area contributed by atoms with Crippen LogP contribution >= 0.6 is 11.3 Å². The van der Waals surface area contributed by atoms with Crippen LogP contribution in [0.4, 0.5) is 22.7 Å². The van der Waals surface area contributed by atoms with Crippen molar-refractivity contribution in [3.05, 3.63) is 40.7 Å². The van der Waals surface area contributed by atoms with Crippen molar-refractivity contribution in [3.8, 4) is 0 Å². The van der Waals surface area contributed by atoms with Gasteiger partial charge in [-0.15, -0.1) is 10.2 Å². The zero-order chi connectivity index (χ0) is 14.3. The number of rotatable bonds is 3. The highest BCUT2D eigenvalue weighted by atomic mass is 32.1. The van der Waals surface area contributed by atoms with Crippen molar-refractivity contribution in [2.75, 3.05) is 5.32 Å². The summed E-state index contributed by atoms with van der Waals surface area (Å²) in [6.07, 6.45) is -3.73. The van der Waals surface area contributed by atoms with Crippen molar-refractivity contribution in [2.24, 2.45) is 0 Å². The summed E-state index contributed by atoms with van der Waals surface area (Å²) >= 11 is 0.476. The lowest BCUT2D eigenvalue weighted by Crippen LogP contribution is -2.03. The van der Waals surface area contributed by atoms with E-state index in [4.69, 9.17) is 0 Å². The fourth-order valence-electron chi connectivity index (χ4n) is 2.01. The molecule has 0 unspecified atom stereocenters. The van der Waals surface area contributed by atoms with Gasteiger partial charge in [-0.05, 0) is 24.1 Å². The van der Waals surface area contributed by atoms with Gasteiger partial charge < -0.3 is 5.32 Å². The Balaban J connectivity index is 1.65. The second-order valence-corrected chi connectivity index (χ2v) is 5.54. The first kappa shape index (κ1) is 13.3. The molecule has 2 atom stereocenters. The molecule has 20 heavy (non-hydrogen) atoms. The minimum Gasteiger partial charge on any atom is -0.357 e. The molecule has 8 heteroatoms. The molecule has 0 radical (unpaired) electrons. The van der Waals surface area contributed by atoms with Gasteiger partial charge in [-0.25, -0.2) is 4.39 Å². The van der Waals surface area contributed by atoms with Gasteiger partial charge in [0.05, 0.1) is 0 Å². The van der Waals surface area contributed by atoms with Gasteiger partial charge >= 0.3 is 6.18 Å². The predicted octanol–water partition coefficient (Wildman–Crippen LogP) is 3.66. The van der Waals surface area contributed by atoms with E-state index in [1.54, 1.807) is 12.1 Å². The number of anilines is 1. The van der Waals surface area contributed by atoms with Crippen LogP contribution in [-0.4, -0.2) is 16.2 Å².